The Labute approximate surface area is 134 Å². The maximum absolute atomic E-state index is 10.9. The Balaban J connectivity index is 1.83. The van der Waals surface area contributed by atoms with Gasteiger partial charge in [0.15, 0.2) is 0 Å². The third kappa shape index (κ3) is 3.34. The lowest BCUT2D eigenvalue weighted by atomic mass is 9.98. The van der Waals surface area contributed by atoms with Crippen LogP contribution in [0.25, 0.3) is 10.5 Å². The standard InChI is InChI=1S/C17H17N3O3/c1-18-15-9-13(20-11-12(10-19-20)17(21)22)7-8-16(15)23-14-5-3-2-4-6-14/h7-11,14H,2-6H2,(H,21,22). The summed E-state index contributed by atoms with van der Waals surface area (Å²) in [5.41, 5.74) is 1.16. The van der Waals surface area contributed by atoms with Gasteiger partial charge in [-0.05, 0) is 43.9 Å². The van der Waals surface area contributed by atoms with Crippen LogP contribution in [-0.2, 0) is 0 Å². The van der Waals surface area contributed by atoms with Crippen LogP contribution in [0.1, 0.15) is 42.5 Å². The summed E-state index contributed by atoms with van der Waals surface area (Å²) < 4.78 is 7.42. The zero-order valence-electron chi connectivity index (χ0n) is 12.6. The molecular weight excluding hydrogens is 294 g/mol. The molecule has 1 fully saturated rings. The van der Waals surface area contributed by atoms with Crippen molar-refractivity contribution in [2.45, 2.75) is 38.2 Å². The van der Waals surface area contributed by atoms with Crippen LogP contribution in [0.4, 0.5) is 5.69 Å². The van der Waals surface area contributed by atoms with Crippen molar-refractivity contribution in [3.8, 4) is 11.4 Å². The van der Waals surface area contributed by atoms with Gasteiger partial charge >= 0.3 is 5.97 Å². The van der Waals surface area contributed by atoms with Crippen molar-refractivity contribution in [2.24, 2.45) is 0 Å². The fourth-order valence-electron chi connectivity index (χ4n) is 2.77. The lowest BCUT2D eigenvalue weighted by Crippen LogP contribution is -2.19. The molecule has 1 aliphatic rings. The van der Waals surface area contributed by atoms with Gasteiger partial charge in [-0.1, -0.05) is 6.42 Å². The number of nitrogens with zero attached hydrogens (tertiary/aromatic N) is 3. The van der Waals surface area contributed by atoms with E-state index in [0.717, 1.165) is 12.8 Å². The summed E-state index contributed by atoms with van der Waals surface area (Å²) in [5, 5.41) is 13.0. The SMILES string of the molecule is [C-]#[N+]c1cc(-n2cc(C(=O)O)cn2)ccc1OC1CCCCC1. The highest BCUT2D eigenvalue weighted by Crippen LogP contribution is 2.33. The molecule has 118 valence electrons. The molecule has 6 heteroatoms. The number of benzene rings is 1. The van der Waals surface area contributed by atoms with Gasteiger partial charge in [-0.3, -0.25) is 0 Å². The summed E-state index contributed by atoms with van der Waals surface area (Å²) in [7, 11) is 0. The molecule has 1 N–H and O–H groups in total. The smallest absolute Gasteiger partial charge is 0.338 e. The molecule has 2 aromatic rings. The number of hydrogen-bond acceptors (Lipinski definition) is 3. The predicted octanol–water partition coefficient (Wildman–Crippen LogP) is 3.83. The summed E-state index contributed by atoms with van der Waals surface area (Å²) in [4.78, 5) is 14.5. The molecule has 6 nitrogen and oxygen atoms in total. The predicted molar refractivity (Wildman–Crippen MR) is 84.3 cm³/mol. The molecule has 1 aromatic carbocycles. The Morgan fingerprint density at radius 2 is 2.13 bits per heavy atom. The Kier molecular flexibility index (Phi) is 4.29. The summed E-state index contributed by atoms with van der Waals surface area (Å²) in [6, 6.07) is 5.22. The minimum absolute atomic E-state index is 0.108. The summed E-state index contributed by atoms with van der Waals surface area (Å²) in [6.07, 6.45) is 8.53. The largest absolute Gasteiger partial charge is 0.501 e. The van der Waals surface area contributed by atoms with Gasteiger partial charge in [0.05, 0.1) is 30.1 Å². The Hall–Kier alpha value is -2.81. The maximum Gasteiger partial charge on any atom is 0.338 e. The first kappa shape index (κ1) is 15.1. The first-order valence-corrected chi connectivity index (χ1v) is 7.64. The van der Waals surface area contributed by atoms with Crippen molar-refractivity contribution in [3.63, 3.8) is 0 Å². The number of carboxylic acids is 1. The van der Waals surface area contributed by atoms with Gasteiger partial charge in [0.2, 0.25) is 5.69 Å². The van der Waals surface area contributed by atoms with E-state index in [2.05, 4.69) is 9.94 Å². The molecule has 1 heterocycles. The third-order valence-corrected chi connectivity index (χ3v) is 4.00. The van der Waals surface area contributed by atoms with E-state index in [1.807, 2.05) is 0 Å². The first-order chi connectivity index (χ1) is 11.2. The molecular formula is C17H17N3O3. The van der Waals surface area contributed by atoms with Gasteiger partial charge in [0, 0.05) is 6.20 Å². The number of rotatable bonds is 4. The lowest BCUT2D eigenvalue weighted by Gasteiger charge is -2.23. The maximum atomic E-state index is 10.9. The van der Waals surface area contributed by atoms with Crippen LogP contribution in [0.15, 0.2) is 30.6 Å². The van der Waals surface area contributed by atoms with Gasteiger partial charge in [-0.15, -0.1) is 0 Å². The number of hydrogen-bond donors (Lipinski definition) is 1. The zero-order valence-corrected chi connectivity index (χ0v) is 12.6. The van der Waals surface area contributed by atoms with Crippen LogP contribution in [0.3, 0.4) is 0 Å². The fourth-order valence-corrected chi connectivity index (χ4v) is 2.77. The molecule has 0 spiro atoms. The second kappa shape index (κ2) is 6.53. The van der Waals surface area contributed by atoms with Crippen LogP contribution in [0.2, 0.25) is 0 Å². The summed E-state index contributed by atoms with van der Waals surface area (Å²) >= 11 is 0. The van der Waals surface area contributed by atoms with E-state index in [1.165, 1.54) is 36.3 Å². The summed E-state index contributed by atoms with van der Waals surface area (Å²) in [5.74, 6) is -0.444. The molecule has 0 amide bonds. The van der Waals surface area contributed by atoms with E-state index in [9.17, 15) is 4.79 Å². The van der Waals surface area contributed by atoms with Crippen molar-refractivity contribution in [1.29, 1.82) is 0 Å². The molecule has 0 unspecified atom stereocenters. The van der Waals surface area contributed by atoms with E-state index < -0.39 is 5.97 Å². The molecule has 0 radical (unpaired) electrons. The van der Waals surface area contributed by atoms with E-state index >= 15 is 0 Å². The monoisotopic (exact) mass is 311 g/mol. The van der Waals surface area contributed by atoms with Gasteiger partial charge < -0.3 is 9.84 Å². The highest BCUT2D eigenvalue weighted by Gasteiger charge is 2.17. The van der Waals surface area contributed by atoms with Crippen LogP contribution in [0, 0.1) is 6.57 Å². The molecule has 1 aliphatic carbocycles. The molecule has 1 aromatic heterocycles. The van der Waals surface area contributed by atoms with E-state index in [4.69, 9.17) is 16.4 Å². The van der Waals surface area contributed by atoms with Crippen LogP contribution >= 0.6 is 0 Å². The highest BCUT2D eigenvalue weighted by atomic mass is 16.5. The van der Waals surface area contributed by atoms with Crippen molar-refractivity contribution < 1.29 is 14.6 Å². The average Bonchev–Trinajstić information content (AvgIpc) is 3.06. The average molecular weight is 311 g/mol. The molecule has 0 atom stereocenters. The first-order valence-electron chi connectivity index (χ1n) is 7.64. The minimum atomic E-state index is -1.03. The lowest BCUT2D eigenvalue weighted by molar-refractivity contribution is 0.0697. The van der Waals surface area contributed by atoms with Gasteiger partial charge in [-0.25, -0.2) is 14.3 Å². The molecule has 0 saturated heterocycles. The molecule has 0 aliphatic heterocycles. The van der Waals surface area contributed by atoms with E-state index in [0.29, 0.717) is 17.1 Å². The van der Waals surface area contributed by atoms with Crippen LogP contribution in [-0.4, -0.2) is 27.0 Å². The van der Waals surface area contributed by atoms with Crippen LogP contribution in [0.5, 0.6) is 5.75 Å². The number of aromatic carboxylic acids is 1. The van der Waals surface area contributed by atoms with Crippen molar-refractivity contribution in [2.75, 3.05) is 0 Å². The highest BCUT2D eigenvalue weighted by molar-refractivity contribution is 5.87. The van der Waals surface area contributed by atoms with E-state index in [1.54, 1.807) is 18.2 Å². The molecule has 3 rings (SSSR count). The number of aromatic nitrogens is 2. The quantitative estimate of drug-likeness (QED) is 0.871. The van der Waals surface area contributed by atoms with Gasteiger partial charge in [0.1, 0.15) is 5.75 Å². The second-order valence-corrected chi connectivity index (χ2v) is 5.62. The minimum Gasteiger partial charge on any atom is -0.501 e. The van der Waals surface area contributed by atoms with Gasteiger partial charge in [-0.2, -0.15) is 5.10 Å². The third-order valence-electron chi connectivity index (χ3n) is 4.00. The molecule has 1 saturated carbocycles. The van der Waals surface area contributed by atoms with E-state index in [-0.39, 0.29) is 11.7 Å². The molecule has 0 bridgehead atoms. The Morgan fingerprint density at radius 3 is 2.78 bits per heavy atom. The van der Waals surface area contributed by atoms with Gasteiger partial charge in [0.25, 0.3) is 0 Å². The fraction of sp³-hybridized carbons (Fsp3) is 0.353. The Bertz CT molecular complexity index is 755. The second-order valence-electron chi connectivity index (χ2n) is 5.62. The van der Waals surface area contributed by atoms with Crippen molar-refractivity contribution in [1.82, 2.24) is 9.78 Å². The van der Waals surface area contributed by atoms with Crippen molar-refractivity contribution in [3.05, 3.63) is 47.6 Å². The zero-order chi connectivity index (χ0) is 16.2. The number of carboxylic acid groups (broad SMARTS) is 1. The number of carbonyl (C=O) groups is 1. The van der Waals surface area contributed by atoms with Crippen LogP contribution < -0.4 is 4.74 Å². The number of ether oxygens (including phenoxy) is 1. The summed E-state index contributed by atoms with van der Waals surface area (Å²) in [6.45, 7) is 7.36. The normalized spacial score (nSPS) is 15.1. The van der Waals surface area contributed by atoms with Crippen molar-refractivity contribution >= 4 is 11.7 Å². The Morgan fingerprint density at radius 1 is 1.35 bits per heavy atom. The molecule has 23 heavy (non-hydrogen) atoms. The topological polar surface area (TPSA) is 68.7 Å².